The summed E-state index contributed by atoms with van der Waals surface area (Å²) in [5, 5.41) is 4.84. The van der Waals surface area contributed by atoms with Gasteiger partial charge in [0.05, 0.1) is 17.3 Å². The highest BCUT2D eigenvalue weighted by Gasteiger charge is 2.08. The Balaban J connectivity index is 1.33. The Hall–Kier alpha value is -4.56. The van der Waals surface area contributed by atoms with Gasteiger partial charge >= 0.3 is 0 Å². The van der Waals surface area contributed by atoms with Crippen molar-refractivity contribution in [3.63, 3.8) is 0 Å². The lowest BCUT2D eigenvalue weighted by Crippen LogP contribution is -2.05. The molecule has 0 bridgehead atoms. The zero-order valence-electron chi connectivity index (χ0n) is 17.1. The number of hydrogen-bond acceptors (Lipinski definition) is 4. The van der Waals surface area contributed by atoms with Crippen molar-refractivity contribution in [2.24, 2.45) is 0 Å². The van der Waals surface area contributed by atoms with Crippen LogP contribution in [-0.2, 0) is 6.61 Å². The van der Waals surface area contributed by atoms with E-state index >= 15 is 0 Å². The number of aromatic nitrogens is 2. The van der Waals surface area contributed by atoms with E-state index in [1.54, 1.807) is 29.1 Å². The van der Waals surface area contributed by atoms with Gasteiger partial charge < -0.3 is 9.15 Å². The molecule has 2 heterocycles. The quantitative estimate of drug-likeness (QED) is 0.387. The molecule has 32 heavy (non-hydrogen) atoms. The highest BCUT2D eigenvalue weighted by atomic mass is 16.5. The first-order chi connectivity index (χ1) is 15.8. The summed E-state index contributed by atoms with van der Waals surface area (Å²) in [4.78, 5) is 12.8. The molecule has 2 aromatic heterocycles. The highest BCUT2D eigenvalue weighted by molar-refractivity contribution is 5.79. The highest BCUT2D eigenvalue weighted by Crippen LogP contribution is 2.20. The van der Waals surface area contributed by atoms with Crippen molar-refractivity contribution in [1.82, 2.24) is 9.78 Å². The number of hydrogen-bond donors (Lipinski definition) is 0. The molecule has 0 N–H and O–H groups in total. The van der Waals surface area contributed by atoms with Crippen LogP contribution in [0.1, 0.15) is 16.7 Å². The molecule has 5 rings (SSSR count). The Morgan fingerprint density at radius 3 is 2.53 bits per heavy atom. The first-order valence-electron chi connectivity index (χ1n) is 10.1. The molecule has 5 heteroatoms. The van der Waals surface area contributed by atoms with Crippen molar-refractivity contribution < 1.29 is 9.15 Å². The molecule has 154 valence electrons. The third-order valence-corrected chi connectivity index (χ3v) is 4.92. The van der Waals surface area contributed by atoms with Crippen molar-refractivity contribution in [1.29, 1.82) is 0 Å². The molecule has 0 aliphatic heterocycles. The van der Waals surface area contributed by atoms with Crippen LogP contribution in [0.2, 0.25) is 0 Å². The van der Waals surface area contributed by atoms with Crippen molar-refractivity contribution in [2.45, 2.75) is 6.61 Å². The summed E-state index contributed by atoms with van der Waals surface area (Å²) in [5.74, 6) is 6.50. The normalized spacial score (nSPS) is 10.5. The largest absolute Gasteiger partial charge is 0.489 e. The molecular weight excluding hydrogens is 400 g/mol. The molecule has 3 aromatic carbocycles. The summed E-state index contributed by atoms with van der Waals surface area (Å²) in [6.07, 6.45) is 5.09. The van der Waals surface area contributed by atoms with Gasteiger partial charge in [-0.2, -0.15) is 5.10 Å². The van der Waals surface area contributed by atoms with E-state index in [1.165, 1.54) is 6.26 Å². The topological polar surface area (TPSA) is 57.3 Å². The minimum absolute atomic E-state index is 0.162. The summed E-state index contributed by atoms with van der Waals surface area (Å²) in [7, 11) is 0. The van der Waals surface area contributed by atoms with Gasteiger partial charge in [-0.25, -0.2) is 4.68 Å². The van der Waals surface area contributed by atoms with Gasteiger partial charge in [0, 0.05) is 23.4 Å². The van der Waals surface area contributed by atoms with E-state index in [4.69, 9.17) is 9.15 Å². The first kappa shape index (κ1) is 19.4. The Morgan fingerprint density at radius 2 is 1.72 bits per heavy atom. The summed E-state index contributed by atoms with van der Waals surface area (Å²) in [6, 6.07) is 24.6. The minimum atomic E-state index is -0.162. The lowest BCUT2D eigenvalue weighted by Gasteiger charge is -2.05. The fourth-order valence-corrected chi connectivity index (χ4v) is 3.27. The number of benzene rings is 3. The van der Waals surface area contributed by atoms with E-state index < -0.39 is 0 Å². The average Bonchev–Trinajstić information content (AvgIpc) is 3.33. The molecule has 0 amide bonds. The maximum atomic E-state index is 12.8. The van der Waals surface area contributed by atoms with Crippen molar-refractivity contribution in [3.05, 3.63) is 124 Å². The van der Waals surface area contributed by atoms with Crippen LogP contribution >= 0.6 is 0 Å². The van der Waals surface area contributed by atoms with Crippen LogP contribution in [0.15, 0.2) is 107 Å². The minimum Gasteiger partial charge on any atom is -0.489 e. The van der Waals surface area contributed by atoms with E-state index in [-0.39, 0.29) is 5.43 Å². The number of fused-ring (bicyclic) bond motifs is 1. The van der Waals surface area contributed by atoms with Gasteiger partial charge in [-0.3, -0.25) is 4.79 Å². The fraction of sp³-hybridized carbons (Fsp3) is 0.0370. The third kappa shape index (κ3) is 4.16. The van der Waals surface area contributed by atoms with E-state index in [1.807, 2.05) is 66.9 Å². The number of nitrogens with zero attached hydrogens (tertiary/aromatic N) is 2. The number of ether oxygens (including phenoxy) is 1. The molecule has 0 aliphatic rings. The monoisotopic (exact) mass is 418 g/mol. The SMILES string of the molecule is O=c1c(C#Cc2ccccc2)coc2cc(OCc3cnn(-c4ccccc4)c3)ccc12. The Labute approximate surface area is 184 Å². The van der Waals surface area contributed by atoms with Crippen molar-refractivity contribution in [2.75, 3.05) is 0 Å². The van der Waals surface area contributed by atoms with Crippen LogP contribution in [-0.4, -0.2) is 9.78 Å². The maximum Gasteiger partial charge on any atom is 0.208 e. The predicted molar refractivity (Wildman–Crippen MR) is 123 cm³/mol. The van der Waals surface area contributed by atoms with Crippen LogP contribution in [0.4, 0.5) is 0 Å². The van der Waals surface area contributed by atoms with Gasteiger partial charge in [0.2, 0.25) is 5.43 Å². The second-order valence-electron chi connectivity index (χ2n) is 7.17. The maximum absolute atomic E-state index is 12.8. The van der Waals surface area contributed by atoms with Gasteiger partial charge in [0.1, 0.15) is 29.8 Å². The molecule has 0 unspecified atom stereocenters. The second kappa shape index (κ2) is 8.66. The number of para-hydroxylation sites is 1. The van der Waals surface area contributed by atoms with Crippen LogP contribution in [0.3, 0.4) is 0 Å². The van der Waals surface area contributed by atoms with Crippen LogP contribution < -0.4 is 10.2 Å². The van der Waals surface area contributed by atoms with Gasteiger partial charge in [-0.05, 0) is 36.4 Å². The van der Waals surface area contributed by atoms with Gasteiger partial charge in [-0.1, -0.05) is 48.2 Å². The Morgan fingerprint density at radius 1 is 0.938 bits per heavy atom. The van der Waals surface area contributed by atoms with Gasteiger partial charge in [0.25, 0.3) is 0 Å². The van der Waals surface area contributed by atoms with Crippen LogP contribution in [0.25, 0.3) is 16.7 Å². The second-order valence-corrected chi connectivity index (χ2v) is 7.17. The fourth-order valence-electron chi connectivity index (χ4n) is 3.27. The molecular formula is C27H18N2O3. The molecule has 0 saturated carbocycles. The summed E-state index contributed by atoms with van der Waals surface area (Å²) in [5.41, 5.74) is 3.37. The summed E-state index contributed by atoms with van der Waals surface area (Å²) < 4.78 is 13.4. The molecule has 5 aromatic rings. The standard InChI is InChI=1S/C27H18N2O3/c30-27-22(12-11-20-7-3-1-4-8-20)19-32-26-15-24(13-14-25(26)27)31-18-21-16-28-29(17-21)23-9-5-2-6-10-23/h1-10,13-17,19H,18H2. The first-order valence-corrected chi connectivity index (χ1v) is 10.1. The Kier molecular flexibility index (Phi) is 5.25. The average molecular weight is 418 g/mol. The van der Waals surface area contributed by atoms with E-state index in [0.29, 0.717) is 28.9 Å². The molecule has 0 spiro atoms. The molecule has 5 nitrogen and oxygen atoms in total. The van der Waals surface area contributed by atoms with Gasteiger partial charge in [-0.15, -0.1) is 0 Å². The third-order valence-electron chi connectivity index (χ3n) is 4.92. The lowest BCUT2D eigenvalue weighted by atomic mass is 10.1. The summed E-state index contributed by atoms with van der Waals surface area (Å²) >= 11 is 0. The molecule has 0 atom stereocenters. The zero-order valence-corrected chi connectivity index (χ0v) is 17.1. The molecule has 0 fully saturated rings. The van der Waals surface area contributed by atoms with Crippen molar-refractivity contribution >= 4 is 11.0 Å². The van der Waals surface area contributed by atoms with Gasteiger partial charge in [0.15, 0.2) is 0 Å². The van der Waals surface area contributed by atoms with E-state index in [0.717, 1.165) is 16.8 Å². The van der Waals surface area contributed by atoms with E-state index in [2.05, 4.69) is 16.9 Å². The smallest absolute Gasteiger partial charge is 0.208 e. The predicted octanol–water partition coefficient (Wildman–Crippen LogP) is 4.96. The number of rotatable bonds is 4. The lowest BCUT2D eigenvalue weighted by molar-refractivity contribution is 0.306. The van der Waals surface area contributed by atoms with Crippen LogP contribution in [0.5, 0.6) is 5.75 Å². The van der Waals surface area contributed by atoms with Crippen LogP contribution in [0, 0.1) is 11.8 Å². The zero-order chi connectivity index (χ0) is 21.8. The van der Waals surface area contributed by atoms with E-state index in [9.17, 15) is 4.79 Å². The summed E-state index contributed by atoms with van der Waals surface area (Å²) in [6.45, 7) is 0.350. The Bertz CT molecular complexity index is 1490. The van der Waals surface area contributed by atoms with Crippen molar-refractivity contribution in [3.8, 4) is 23.3 Å². The molecule has 0 radical (unpaired) electrons. The molecule has 0 aliphatic carbocycles. The molecule has 0 saturated heterocycles.